The van der Waals surface area contributed by atoms with E-state index in [1.54, 1.807) is 0 Å². The molecule has 0 aromatic heterocycles. The van der Waals surface area contributed by atoms with Gasteiger partial charge in [-0.3, -0.25) is 0 Å². The molecule has 0 radical (unpaired) electrons. The van der Waals surface area contributed by atoms with Crippen LogP contribution in [-0.4, -0.2) is 35.9 Å². The molecule has 2 aliphatic heterocycles. The summed E-state index contributed by atoms with van der Waals surface area (Å²) in [5, 5.41) is 0. The van der Waals surface area contributed by atoms with E-state index in [1.165, 1.54) is 6.42 Å². The molecular weight excluding hydrogens is 134 g/mol. The van der Waals surface area contributed by atoms with Gasteiger partial charge in [0.2, 0.25) is 0 Å². The maximum absolute atomic E-state index is 5.43. The largest absolute Gasteiger partial charge is 0.375 e. The molecule has 0 aliphatic carbocycles. The summed E-state index contributed by atoms with van der Waals surface area (Å²) in [7, 11) is 0. The Balaban J connectivity index is 2.01. The van der Waals surface area contributed by atoms with Gasteiger partial charge in [0.15, 0.2) is 0 Å². The van der Waals surface area contributed by atoms with Gasteiger partial charge < -0.3 is 4.74 Å². The van der Waals surface area contributed by atoms with Crippen LogP contribution in [0.5, 0.6) is 0 Å². The molecular formula is C6H11NOS. The third-order valence-corrected chi connectivity index (χ3v) is 3.00. The molecule has 0 aromatic rings. The molecule has 0 unspecified atom stereocenters. The van der Waals surface area contributed by atoms with Crippen molar-refractivity contribution in [2.45, 2.75) is 18.6 Å². The van der Waals surface area contributed by atoms with Crippen molar-refractivity contribution in [2.24, 2.45) is 0 Å². The quantitative estimate of drug-likeness (QED) is 0.505. The molecule has 9 heavy (non-hydrogen) atoms. The van der Waals surface area contributed by atoms with Crippen LogP contribution in [0.4, 0.5) is 0 Å². The second-order valence-corrected chi connectivity index (χ2v) is 3.46. The molecule has 0 amide bonds. The molecule has 2 atom stereocenters. The minimum Gasteiger partial charge on any atom is -0.375 e. The third-order valence-electron chi connectivity index (χ3n) is 2.08. The smallest absolute Gasteiger partial charge is 0.0728 e. The summed E-state index contributed by atoms with van der Waals surface area (Å²) < 4.78 is 7.85. The van der Waals surface area contributed by atoms with E-state index in [2.05, 4.69) is 10.6 Å². The molecule has 2 aliphatic rings. The highest BCUT2D eigenvalue weighted by atomic mass is 32.2. The van der Waals surface area contributed by atoms with E-state index in [9.17, 15) is 0 Å². The zero-order valence-electron chi connectivity index (χ0n) is 5.54. The van der Waals surface area contributed by atoms with Crippen LogP contribution >= 0.6 is 11.9 Å². The maximum atomic E-state index is 5.43. The molecule has 2 heterocycles. The number of morpholine rings is 1. The van der Waals surface area contributed by atoms with Crippen LogP contribution in [0.3, 0.4) is 0 Å². The van der Waals surface area contributed by atoms with Gasteiger partial charge in [0, 0.05) is 12.6 Å². The average molecular weight is 145 g/mol. The number of fused-ring (bicyclic) bond motifs is 2. The molecule has 2 rings (SSSR count). The second kappa shape index (κ2) is 2.15. The molecule has 2 nitrogen and oxygen atoms in total. The van der Waals surface area contributed by atoms with Gasteiger partial charge in [-0.05, 0) is 12.7 Å². The van der Waals surface area contributed by atoms with Crippen LogP contribution in [0.15, 0.2) is 0 Å². The number of rotatable bonds is 1. The summed E-state index contributed by atoms with van der Waals surface area (Å²) in [6.45, 7) is 2.11. The minimum atomic E-state index is 0.558. The summed E-state index contributed by atoms with van der Waals surface area (Å²) in [4.78, 5) is 0. The standard InChI is InChI=1S/C6H11NOS/c1-9-7-3-6-2-5(7)4-8-6/h5-6H,2-4H2,1H3/t5-,6-/m0/s1. The van der Waals surface area contributed by atoms with Crippen LogP contribution in [0.25, 0.3) is 0 Å². The third kappa shape index (κ3) is 0.876. The molecule has 2 fully saturated rings. The lowest BCUT2D eigenvalue weighted by Crippen LogP contribution is -2.31. The Kier molecular flexibility index (Phi) is 1.43. The van der Waals surface area contributed by atoms with Crippen LogP contribution in [-0.2, 0) is 4.74 Å². The van der Waals surface area contributed by atoms with Gasteiger partial charge in [-0.15, -0.1) is 0 Å². The van der Waals surface area contributed by atoms with Crippen LogP contribution in [0.1, 0.15) is 6.42 Å². The Bertz CT molecular complexity index is 120. The lowest BCUT2D eigenvalue weighted by atomic mass is 10.3. The van der Waals surface area contributed by atoms with Crippen molar-refractivity contribution >= 4 is 11.9 Å². The lowest BCUT2D eigenvalue weighted by Gasteiger charge is -2.23. The van der Waals surface area contributed by atoms with Crippen molar-refractivity contribution < 1.29 is 4.74 Å². The summed E-state index contributed by atoms with van der Waals surface area (Å²) in [5.41, 5.74) is 0. The second-order valence-electron chi connectivity index (χ2n) is 2.63. The molecule has 0 saturated carbocycles. The number of hydrogen-bond donors (Lipinski definition) is 0. The molecule has 0 aromatic carbocycles. The highest BCUT2D eigenvalue weighted by molar-refractivity contribution is 7.96. The first-order valence-corrected chi connectivity index (χ1v) is 4.50. The van der Waals surface area contributed by atoms with Gasteiger partial charge >= 0.3 is 0 Å². The first-order valence-electron chi connectivity index (χ1n) is 3.32. The van der Waals surface area contributed by atoms with E-state index in [0.29, 0.717) is 6.10 Å². The maximum Gasteiger partial charge on any atom is 0.0728 e. The van der Waals surface area contributed by atoms with Gasteiger partial charge in [0.25, 0.3) is 0 Å². The Hall–Kier alpha value is 0.270. The first kappa shape index (κ1) is 6.01. The predicted octanol–water partition coefficient (Wildman–Crippen LogP) is 0.738. The van der Waals surface area contributed by atoms with Gasteiger partial charge in [0.1, 0.15) is 0 Å². The highest BCUT2D eigenvalue weighted by Gasteiger charge is 2.38. The van der Waals surface area contributed by atoms with Crippen LogP contribution in [0, 0.1) is 0 Å². The Morgan fingerprint density at radius 3 is 2.89 bits per heavy atom. The van der Waals surface area contributed by atoms with E-state index < -0.39 is 0 Å². The number of hydrogen-bond acceptors (Lipinski definition) is 3. The number of ether oxygens (including phenoxy) is 1. The van der Waals surface area contributed by atoms with Crippen molar-refractivity contribution in [1.82, 2.24) is 4.31 Å². The van der Waals surface area contributed by atoms with Crippen molar-refractivity contribution in [3.8, 4) is 0 Å². The topological polar surface area (TPSA) is 12.5 Å². The van der Waals surface area contributed by atoms with Crippen molar-refractivity contribution in [3.05, 3.63) is 0 Å². The fraction of sp³-hybridized carbons (Fsp3) is 1.00. The molecule has 0 N–H and O–H groups in total. The van der Waals surface area contributed by atoms with E-state index in [-0.39, 0.29) is 0 Å². The van der Waals surface area contributed by atoms with E-state index in [4.69, 9.17) is 4.74 Å². The van der Waals surface area contributed by atoms with Gasteiger partial charge in [0.05, 0.1) is 12.7 Å². The normalized spacial score (nSPS) is 42.3. The Morgan fingerprint density at radius 1 is 1.67 bits per heavy atom. The van der Waals surface area contributed by atoms with Crippen LogP contribution < -0.4 is 0 Å². The summed E-state index contributed by atoms with van der Waals surface area (Å²) in [5.74, 6) is 0. The van der Waals surface area contributed by atoms with Gasteiger partial charge in [-0.2, -0.15) is 0 Å². The zero-order valence-corrected chi connectivity index (χ0v) is 6.36. The van der Waals surface area contributed by atoms with E-state index >= 15 is 0 Å². The summed E-state index contributed by atoms with van der Waals surface area (Å²) in [6, 6.07) is 0.727. The molecule has 2 saturated heterocycles. The highest BCUT2D eigenvalue weighted by Crippen LogP contribution is 2.31. The van der Waals surface area contributed by atoms with E-state index in [0.717, 1.165) is 19.2 Å². The number of nitrogens with zero attached hydrogens (tertiary/aromatic N) is 1. The SMILES string of the molecule is CSN1C[C@@H]2C[C@H]1CO2. The molecule has 2 bridgehead atoms. The fourth-order valence-corrected chi connectivity index (χ4v) is 2.35. The molecule has 3 heteroatoms. The summed E-state index contributed by atoms with van der Waals surface area (Å²) >= 11 is 1.85. The molecule has 0 spiro atoms. The predicted molar refractivity (Wildman–Crippen MR) is 38.4 cm³/mol. The van der Waals surface area contributed by atoms with E-state index in [1.807, 2.05) is 11.9 Å². The Morgan fingerprint density at radius 2 is 2.56 bits per heavy atom. The average Bonchev–Trinajstić information content (AvgIpc) is 2.45. The Labute approximate surface area is 59.7 Å². The van der Waals surface area contributed by atoms with Crippen molar-refractivity contribution in [2.75, 3.05) is 19.4 Å². The van der Waals surface area contributed by atoms with Crippen LogP contribution in [0.2, 0.25) is 0 Å². The first-order chi connectivity index (χ1) is 4.40. The lowest BCUT2D eigenvalue weighted by molar-refractivity contribution is 0.0644. The monoisotopic (exact) mass is 145 g/mol. The van der Waals surface area contributed by atoms with Crippen molar-refractivity contribution in [3.63, 3.8) is 0 Å². The zero-order chi connectivity index (χ0) is 6.27. The fourth-order valence-electron chi connectivity index (χ4n) is 1.59. The van der Waals surface area contributed by atoms with Gasteiger partial charge in [-0.1, -0.05) is 11.9 Å². The van der Waals surface area contributed by atoms with Crippen molar-refractivity contribution in [1.29, 1.82) is 0 Å². The van der Waals surface area contributed by atoms with Gasteiger partial charge in [-0.25, -0.2) is 4.31 Å². The summed E-state index contributed by atoms with van der Waals surface area (Å²) in [6.07, 6.45) is 3.96. The molecule has 52 valence electrons. The minimum absolute atomic E-state index is 0.558.